The SMILES string of the molecule is C=C(CCC)N=C/C=C/C=C/C/C=C\CCCCCCC. The molecule has 0 fully saturated rings. The average molecular weight is 287 g/mol. The zero-order valence-electron chi connectivity index (χ0n) is 14.1. The smallest absolute Gasteiger partial charge is 0.0331 e. The maximum atomic E-state index is 4.25. The predicted molar refractivity (Wildman–Crippen MR) is 98.0 cm³/mol. The van der Waals surface area contributed by atoms with E-state index in [9.17, 15) is 0 Å². The summed E-state index contributed by atoms with van der Waals surface area (Å²) in [5.74, 6) is 0. The summed E-state index contributed by atoms with van der Waals surface area (Å²) in [4.78, 5) is 4.25. The Morgan fingerprint density at radius 1 is 0.857 bits per heavy atom. The highest BCUT2D eigenvalue weighted by molar-refractivity contribution is 5.72. The van der Waals surface area contributed by atoms with Gasteiger partial charge in [-0.2, -0.15) is 0 Å². The summed E-state index contributed by atoms with van der Waals surface area (Å²) in [6.45, 7) is 8.28. The molecule has 0 saturated carbocycles. The highest BCUT2D eigenvalue weighted by Crippen LogP contribution is 2.05. The van der Waals surface area contributed by atoms with E-state index in [1.807, 2.05) is 18.4 Å². The molecule has 0 N–H and O–H groups in total. The molecular formula is C20H33N. The van der Waals surface area contributed by atoms with Crippen molar-refractivity contribution in [2.24, 2.45) is 4.99 Å². The Balaban J connectivity index is 3.52. The molecule has 0 aromatic carbocycles. The van der Waals surface area contributed by atoms with Crippen LogP contribution in [-0.2, 0) is 0 Å². The van der Waals surface area contributed by atoms with Gasteiger partial charge in [0.05, 0.1) is 0 Å². The summed E-state index contributed by atoms with van der Waals surface area (Å²) in [5, 5.41) is 0. The third-order valence-electron chi connectivity index (χ3n) is 3.15. The molecule has 0 aliphatic heterocycles. The first-order valence-electron chi connectivity index (χ1n) is 8.49. The summed E-state index contributed by atoms with van der Waals surface area (Å²) >= 11 is 0. The molecule has 1 nitrogen and oxygen atoms in total. The van der Waals surface area contributed by atoms with E-state index in [0.29, 0.717) is 0 Å². The van der Waals surface area contributed by atoms with E-state index in [2.05, 4.69) is 49.7 Å². The first kappa shape index (κ1) is 19.6. The van der Waals surface area contributed by atoms with Crippen LogP contribution in [0.4, 0.5) is 0 Å². The molecule has 0 aromatic heterocycles. The van der Waals surface area contributed by atoms with Crippen LogP contribution in [0.3, 0.4) is 0 Å². The van der Waals surface area contributed by atoms with Crippen LogP contribution in [0.1, 0.15) is 71.6 Å². The Hall–Kier alpha value is -1.37. The third kappa shape index (κ3) is 16.6. The summed E-state index contributed by atoms with van der Waals surface area (Å²) in [5.41, 5.74) is 0.952. The van der Waals surface area contributed by atoms with Crippen molar-refractivity contribution < 1.29 is 0 Å². The second kappa shape index (κ2) is 16.7. The molecule has 1 heteroatoms. The Morgan fingerprint density at radius 3 is 2.43 bits per heavy atom. The predicted octanol–water partition coefficient (Wildman–Crippen LogP) is 6.79. The lowest BCUT2D eigenvalue weighted by Gasteiger charge is -1.95. The fourth-order valence-corrected chi connectivity index (χ4v) is 1.93. The lowest BCUT2D eigenvalue weighted by Crippen LogP contribution is -1.75. The van der Waals surface area contributed by atoms with E-state index >= 15 is 0 Å². The Labute approximate surface area is 132 Å². The van der Waals surface area contributed by atoms with Crippen LogP contribution < -0.4 is 0 Å². The van der Waals surface area contributed by atoms with E-state index in [1.54, 1.807) is 0 Å². The van der Waals surface area contributed by atoms with Gasteiger partial charge in [-0.05, 0) is 31.8 Å². The van der Waals surface area contributed by atoms with Crippen molar-refractivity contribution in [3.8, 4) is 0 Å². The molecule has 0 saturated heterocycles. The molecule has 0 bridgehead atoms. The fraction of sp³-hybridized carbons (Fsp3) is 0.550. The zero-order valence-corrected chi connectivity index (χ0v) is 14.1. The highest BCUT2D eigenvalue weighted by atomic mass is 14.7. The van der Waals surface area contributed by atoms with Crippen LogP contribution in [0.2, 0.25) is 0 Å². The first-order valence-corrected chi connectivity index (χ1v) is 8.49. The van der Waals surface area contributed by atoms with E-state index in [0.717, 1.165) is 25.0 Å². The summed E-state index contributed by atoms with van der Waals surface area (Å²) in [7, 11) is 0. The van der Waals surface area contributed by atoms with Gasteiger partial charge in [0.2, 0.25) is 0 Å². The topological polar surface area (TPSA) is 12.4 Å². The summed E-state index contributed by atoms with van der Waals surface area (Å²) < 4.78 is 0. The molecule has 0 aliphatic carbocycles. The molecular weight excluding hydrogens is 254 g/mol. The van der Waals surface area contributed by atoms with Crippen molar-refractivity contribution in [3.63, 3.8) is 0 Å². The van der Waals surface area contributed by atoms with E-state index in [-0.39, 0.29) is 0 Å². The van der Waals surface area contributed by atoms with Gasteiger partial charge in [-0.25, -0.2) is 0 Å². The van der Waals surface area contributed by atoms with Crippen molar-refractivity contribution in [2.75, 3.05) is 0 Å². The molecule has 0 heterocycles. The molecule has 0 aliphatic rings. The maximum Gasteiger partial charge on any atom is 0.0331 e. The largest absolute Gasteiger partial charge is 0.262 e. The van der Waals surface area contributed by atoms with Crippen molar-refractivity contribution >= 4 is 6.21 Å². The van der Waals surface area contributed by atoms with Gasteiger partial charge in [-0.3, -0.25) is 4.99 Å². The van der Waals surface area contributed by atoms with E-state index < -0.39 is 0 Å². The number of allylic oxidation sites excluding steroid dienone is 7. The zero-order chi connectivity index (χ0) is 15.6. The second-order valence-electron chi connectivity index (χ2n) is 5.32. The van der Waals surface area contributed by atoms with Crippen molar-refractivity contribution in [1.82, 2.24) is 0 Å². The van der Waals surface area contributed by atoms with Crippen LogP contribution in [0.5, 0.6) is 0 Å². The van der Waals surface area contributed by atoms with E-state index in [4.69, 9.17) is 0 Å². The number of hydrogen-bond donors (Lipinski definition) is 0. The molecule has 0 spiro atoms. The molecule has 0 aromatic rings. The van der Waals surface area contributed by atoms with Gasteiger partial charge in [-0.1, -0.05) is 82.9 Å². The van der Waals surface area contributed by atoms with Crippen LogP contribution >= 0.6 is 0 Å². The molecule has 0 amide bonds. The van der Waals surface area contributed by atoms with Crippen LogP contribution in [0.15, 0.2) is 53.7 Å². The summed E-state index contributed by atoms with van der Waals surface area (Å²) in [6.07, 6.45) is 25.7. The van der Waals surface area contributed by atoms with Crippen molar-refractivity contribution in [1.29, 1.82) is 0 Å². The van der Waals surface area contributed by atoms with Gasteiger partial charge in [0.15, 0.2) is 0 Å². The normalized spacial score (nSPS) is 12.5. The molecule has 0 atom stereocenters. The van der Waals surface area contributed by atoms with Gasteiger partial charge in [-0.15, -0.1) is 0 Å². The molecule has 0 rings (SSSR count). The van der Waals surface area contributed by atoms with Gasteiger partial charge in [0.25, 0.3) is 0 Å². The standard InChI is InChI=1S/C20H33N/c1-4-6-7-8-9-10-11-12-13-14-15-16-17-19-21-20(3)18-5-2/h11-12,14-17,19H,3-10,13,18H2,1-2H3/b12-11-,15-14+,17-16+,21-19?. The Bertz CT molecular complexity index is 345. The minimum Gasteiger partial charge on any atom is -0.262 e. The van der Waals surface area contributed by atoms with Crippen molar-refractivity contribution in [2.45, 2.75) is 71.6 Å². The lowest BCUT2D eigenvalue weighted by atomic mass is 10.1. The van der Waals surface area contributed by atoms with Gasteiger partial charge in [0, 0.05) is 11.9 Å². The minimum absolute atomic E-state index is 0.952. The van der Waals surface area contributed by atoms with Crippen LogP contribution in [0, 0.1) is 0 Å². The third-order valence-corrected chi connectivity index (χ3v) is 3.15. The number of rotatable bonds is 13. The van der Waals surface area contributed by atoms with Crippen LogP contribution in [0.25, 0.3) is 0 Å². The first-order chi connectivity index (χ1) is 10.3. The van der Waals surface area contributed by atoms with Crippen LogP contribution in [-0.4, -0.2) is 6.21 Å². The fourth-order valence-electron chi connectivity index (χ4n) is 1.93. The Kier molecular flexibility index (Phi) is 15.6. The second-order valence-corrected chi connectivity index (χ2v) is 5.32. The van der Waals surface area contributed by atoms with Crippen molar-refractivity contribution in [3.05, 3.63) is 48.7 Å². The maximum absolute atomic E-state index is 4.25. The molecule has 0 radical (unpaired) electrons. The number of hydrogen-bond acceptors (Lipinski definition) is 1. The average Bonchev–Trinajstić information content (AvgIpc) is 2.48. The van der Waals surface area contributed by atoms with Gasteiger partial charge < -0.3 is 0 Å². The molecule has 21 heavy (non-hydrogen) atoms. The quantitative estimate of drug-likeness (QED) is 0.153. The highest BCUT2D eigenvalue weighted by Gasteiger charge is 1.86. The number of nitrogens with zero attached hydrogens (tertiary/aromatic N) is 1. The number of aliphatic imine (C=N–C) groups is 1. The number of unbranched alkanes of at least 4 members (excludes halogenated alkanes) is 5. The monoisotopic (exact) mass is 287 g/mol. The minimum atomic E-state index is 0.952. The van der Waals surface area contributed by atoms with Gasteiger partial charge >= 0.3 is 0 Å². The van der Waals surface area contributed by atoms with E-state index in [1.165, 1.54) is 38.5 Å². The molecule has 0 unspecified atom stereocenters. The lowest BCUT2D eigenvalue weighted by molar-refractivity contribution is 0.637. The Morgan fingerprint density at radius 2 is 1.67 bits per heavy atom. The molecule has 118 valence electrons. The summed E-state index contributed by atoms with van der Waals surface area (Å²) in [6, 6.07) is 0. The van der Waals surface area contributed by atoms with Gasteiger partial charge in [0.1, 0.15) is 0 Å².